The molecule has 2 heterocycles. The Morgan fingerprint density at radius 2 is 1.97 bits per heavy atom. The second-order valence-electron chi connectivity index (χ2n) is 7.73. The van der Waals surface area contributed by atoms with E-state index in [0.717, 1.165) is 48.2 Å². The maximum absolute atomic E-state index is 12.9. The Bertz CT molecular complexity index is 889. The molecule has 2 aromatic rings. The van der Waals surface area contributed by atoms with Crippen molar-refractivity contribution in [2.45, 2.75) is 38.8 Å². The molecule has 1 saturated heterocycles. The number of hydrogen-bond acceptors (Lipinski definition) is 3. The molecule has 3 amide bonds. The van der Waals surface area contributed by atoms with Gasteiger partial charge in [-0.05, 0) is 55.5 Å². The first-order chi connectivity index (χ1) is 14.1. The fourth-order valence-corrected chi connectivity index (χ4v) is 3.85. The molecule has 6 heteroatoms. The zero-order valence-electron chi connectivity index (χ0n) is 16.7. The van der Waals surface area contributed by atoms with Gasteiger partial charge in [0.05, 0.1) is 6.10 Å². The van der Waals surface area contributed by atoms with Gasteiger partial charge in [0.15, 0.2) is 0 Å². The van der Waals surface area contributed by atoms with Crippen LogP contribution in [0.3, 0.4) is 0 Å². The Balaban J connectivity index is 1.37. The van der Waals surface area contributed by atoms with E-state index in [2.05, 4.69) is 16.7 Å². The van der Waals surface area contributed by atoms with Gasteiger partial charge in [-0.25, -0.2) is 4.79 Å². The highest BCUT2D eigenvalue weighted by Crippen LogP contribution is 2.30. The SMILES string of the molecule is Cc1ccc(C(=O)N2CCc3ccc(CNC(=O)NC[C@@H]4CCCO4)cc32)cc1. The first kappa shape index (κ1) is 19.5. The van der Waals surface area contributed by atoms with E-state index in [9.17, 15) is 9.59 Å². The Morgan fingerprint density at radius 3 is 2.72 bits per heavy atom. The zero-order valence-corrected chi connectivity index (χ0v) is 16.7. The summed E-state index contributed by atoms with van der Waals surface area (Å²) in [5.41, 5.74) is 4.90. The summed E-state index contributed by atoms with van der Waals surface area (Å²) < 4.78 is 5.51. The molecule has 1 fully saturated rings. The number of ether oxygens (including phenoxy) is 1. The summed E-state index contributed by atoms with van der Waals surface area (Å²) in [5, 5.41) is 5.75. The Hall–Kier alpha value is -2.86. The third kappa shape index (κ3) is 4.59. The minimum atomic E-state index is -0.200. The number of benzene rings is 2. The number of anilines is 1. The molecule has 0 radical (unpaired) electrons. The second-order valence-corrected chi connectivity index (χ2v) is 7.73. The summed E-state index contributed by atoms with van der Waals surface area (Å²) in [7, 11) is 0. The number of urea groups is 1. The molecule has 4 rings (SSSR count). The van der Waals surface area contributed by atoms with Crippen LogP contribution in [-0.4, -0.2) is 37.7 Å². The average molecular weight is 393 g/mol. The van der Waals surface area contributed by atoms with Gasteiger partial charge in [0, 0.05) is 37.5 Å². The number of nitrogens with zero attached hydrogens (tertiary/aromatic N) is 1. The summed E-state index contributed by atoms with van der Waals surface area (Å²) in [6.07, 6.45) is 3.03. The topological polar surface area (TPSA) is 70.7 Å². The zero-order chi connectivity index (χ0) is 20.2. The molecule has 2 N–H and O–H groups in total. The minimum absolute atomic E-state index is 0.0168. The van der Waals surface area contributed by atoms with Crippen LogP contribution in [0.15, 0.2) is 42.5 Å². The molecule has 0 saturated carbocycles. The molecule has 2 aromatic carbocycles. The lowest BCUT2D eigenvalue weighted by Gasteiger charge is -2.18. The van der Waals surface area contributed by atoms with Gasteiger partial charge in [0.25, 0.3) is 5.91 Å². The number of amides is 3. The lowest BCUT2D eigenvalue weighted by Crippen LogP contribution is -2.39. The monoisotopic (exact) mass is 393 g/mol. The molecular formula is C23H27N3O3. The van der Waals surface area contributed by atoms with Gasteiger partial charge in [0.1, 0.15) is 0 Å². The molecular weight excluding hydrogens is 366 g/mol. The van der Waals surface area contributed by atoms with Crippen molar-refractivity contribution in [3.63, 3.8) is 0 Å². The molecule has 29 heavy (non-hydrogen) atoms. The van der Waals surface area contributed by atoms with Gasteiger partial charge < -0.3 is 20.3 Å². The molecule has 1 atom stereocenters. The van der Waals surface area contributed by atoms with E-state index in [1.807, 2.05) is 48.2 Å². The summed E-state index contributed by atoms with van der Waals surface area (Å²) in [6.45, 7) is 4.42. The fraction of sp³-hybridized carbons (Fsp3) is 0.391. The van der Waals surface area contributed by atoms with E-state index in [1.165, 1.54) is 0 Å². The maximum Gasteiger partial charge on any atom is 0.315 e. The van der Waals surface area contributed by atoms with Crippen LogP contribution in [0.25, 0.3) is 0 Å². The first-order valence-electron chi connectivity index (χ1n) is 10.2. The second kappa shape index (κ2) is 8.66. The Kier molecular flexibility index (Phi) is 5.81. The highest BCUT2D eigenvalue weighted by Gasteiger charge is 2.25. The fourth-order valence-electron chi connectivity index (χ4n) is 3.85. The van der Waals surface area contributed by atoms with Crippen molar-refractivity contribution in [1.29, 1.82) is 0 Å². The Labute approximate surface area is 171 Å². The van der Waals surface area contributed by atoms with Crippen LogP contribution in [0.4, 0.5) is 10.5 Å². The summed E-state index contributed by atoms with van der Waals surface area (Å²) >= 11 is 0. The minimum Gasteiger partial charge on any atom is -0.376 e. The van der Waals surface area contributed by atoms with E-state index >= 15 is 0 Å². The smallest absolute Gasteiger partial charge is 0.315 e. The van der Waals surface area contributed by atoms with Crippen LogP contribution in [0, 0.1) is 6.92 Å². The molecule has 0 aliphatic carbocycles. The Morgan fingerprint density at radius 1 is 1.14 bits per heavy atom. The van der Waals surface area contributed by atoms with E-state index in [1.54, 1.807) is 0 Å². The van der Waals surface area contributed by atoms with Gasteiger partial charge in [0.2, 0.25) is 0 Å². The van der Waals surface area contributed by atoms with E-state index in [-0.39, 0.29) is 18.0 Å². The number of fused-ring (bicyclic) bond motifs is 1. The first-order valence-corrected chi connectivity index (χ1v) is 10.2. The molecule has 0 aromatic heterocycles. The number of nitrogens with one attached hydrogen (secondary N) is 2. The number of hydrogen-bond donors (Lipinski definition) is 2. The lowest BCUT2D eigenvalue weighted by molar-refractivity contribution is 0.0989. The summed E-state index contributed by atoms with van der Waals surface area (Å²) in [6, 6.07) is 13.5. The molecule has 152 valence electrons. The van der Waals surface area contributed by atoms with Crippen molar-refractivity contribution in [3.8, 4) is 0 Å². The predicted molar refractivity (Wildman–Crippen MR) is 112 cm³/mol. The van der Waals surface area contributed by atoms with E-state index in [4.69, 9.17) is 4.74 Å². The molecule has 2 aliphatic rings. The molecule has 6 nitrogen and oxygen atoms in total. The van der Waals surface area contributed by atoms with Crippen LogP contribution < -0.4 is 15.5 Å². The quantitative estimate of drug-likeness (QED) is 0.820. The molecule has 0 unspecified atom stereocenters. The van der Waals surface area contributed by atoms with Crippen LogP contribution in [0.2, 0.25) is 0 Å². The third-order valence-corrected chi connectivity index (χ3v) is 5.56. The largest absolute Gasteiger partial charge is 0.376 e. The van der Waals surface area contributed by atoms with E-state index in [0.29, 0.717) is 25.2 Å². The van der Waals surface area contributed by atoms with Crippen LogP contribution in [0.1, 0.15) is 39.9 Å². The van der Waals surface area contributed by atoms with Gasteiger partial charge in [-0.15, -0.1) is 0 Å². The highest BCUT2D eigenvalue weighted by molar-refractivity contribution is 6.07. The third-order valence-electron chi connectivity index (χ3n) is 5.56. The number of aryl methyl sites for hydroxylation is 1. The number of carbonyl (C=O) groups excluding carboxylic acids is 2. The summed E-state index contributed by atoms with van der Waals surface area (Å²) in [5.74, 6) is 0.0168. The van der Waals surface area contributed by atoms with Crippen molar-refractivity contribution in [2.75, 3.05) is 24.6 Å². The van der Waals surface area contributed by atoms with Crippen molar-refractivity contribution < 1.29 is 14.3 Å². The number of carbonyl (C=O) groups is 2. The van der Waals surface area contributed by atoms with Gasteiger partial charge in [-0.3, -0.25) is 4.79 Å². The van der Waals surface area contributed by atoms with Crippen LogP contribution in [-0.2, 0) is 17.7 Å². The van der Waals surface area contributed by atoms with Gasteiger partial charge in [-0.2, -0.15) is 0 Å². The van der Waals surface area contributed by atoms with Gasteiger partial charge in [-0.1, -0.05) is 29.8 Å². The molecule has 2 aliphatic heterocycles. The normalized spacial score (nSPS) is 17.8. The van der Waals surface area contributed by atoms with E-state index < -0.39 is 0 Å². The number of rotatable bonds is 5. The predicted octanol–water partition coefficient (Wildman–Crippen LogP) is 3.18. The molecule has 0 bridgehead atoms. The van der Waals surface area contributed by atoms with Crippen molar-refractivity contribution in [3.05, 3.63) is 64.7 Å². The average Bonchev–Trinajstić information content (AvgIpc) is 3.40. The van der Waals surface area contributed by atoms with Crippen molar-refractivity contribution >= 4 is 17.6 Å². The van der Waals surface area contributed by atoms with Crippen LogP contribution in [0.5, 0.6) is 0 Å². The van der Waals surface area contributed by atoms with Crippen LogP contribution >= 0.6 is 0 Å². The van der Waals surface area contributed by atoms with Gasteiger partial charge >= 0.3 is 6.03 Å². The van der Waals surface area contributed by atoms with Crippen molar-refractivity contribution in [1.82, 2.24) is 10.6 Å². The highest BCUT2D eigenvalue weighted by atomic mass is 16.5. The standard InChI is InChI=1S/C23H27N3O3/c1-16-4-7-19(8-5-16)22(27)26-11-10-18-9-6-17(13-21(18)26)14-24-23(28)25-15-20-3-2-12-29-20/h4-9,13,20H,2-3,10-12,14-15H2,1H3,(H2,24,25,28)/t20-/m0/s1. The summed E-state index contributed by atoms with van der Waals surface area (Å²) in [4.78, 5) is 26.8. The van der Waals surface area contributed by atoms with Crippen molar-refractivity contribution in [2.24, 2.45) is 0 Å². The maximum atomic E-state index is 12.9. The lowest BCUT2D eigenvalue weighted by atomic mass is 10.1. The molecule has 0 spiro atoms.